The number of aliphatic hydroxyl groups is 1. The van der Waals surface area contributed by atoms with Crippen molar-refractivity contribution in [3.63, 3.8) is 0 Å². The second kappa shape index (κ2) is 11.0. The molecule has 2 N–H and O–H groups in total. The third-order valence-electron chi connectivity index (χ3n) is 6.37. The van der Waals surface area contributed by atoms with Crippen molar-refractivity contribution < 1.29 is 46.8 Å². The molecule has 11 nitrogen and oxygen atoms in total. The van der Waals surface area contributed by atoms with Crippen molar-refractivity contribution in [3.05, 3.63) is 24.0 Å². The SMILES string of the molecule is CC(C)(C)OC(=O)N(C[C@H](O)COc1cccc(S(C)(=O)=O)c1F)C1COC2(CCN(C(=O)O)CC2)C1. The van der Waals surface area contributed by atoms with Crippen LogP contribution in [0.1, 0.15) is 40.0 Å². The lowest BCUT2D eigenvalue weighted by Crippen LogP contribution is -2.50. The molecule has 1 unspecified atom stereocenters. The van der Waals surface area contributed by atoms with Crippen LogP contribution < -0.4 is 4.74 Å². The number of ether oxygens (including phenoxy) is 3. The molecule has 3 rings (SSSR count). The van der Waals surface area contributed by atoms with E-state index in [9.17, 15) is 32.6 Å². The van der Waals surface area contributed by atoms with E-state index in [2.05, 4.69) is 0 Å². The molecule has 2 aliphatic rings. The average Bonchev–Trinajstić information content (AvgIpc) is 3.18. The minimum atomic E-state index is -3.81. The van der Waals surface area contributed by atoms with Crippen molar-refractivity contribution in [2.24, 2.45) is 0 Å². The van der Waals surface area contributed by atoms with Crippen molar-refractivity contribution in [1.82, 2.24) is 9.80 Å². The van der Waals surface area contributed by atoms with Gasteiger partial charge in [0, 0.05) is 19.3 Å². The zero-order valence-electron chi connectivity index (χ0n) is 21.5. The molecule has 0 aliphatic carbocycles. The summed E-state index contributed by atoms with van der Waals surface area (Å²) in [6.45, 7) is 5.37. The maximum Gasteiger partial charge on any atom is 0.410 e. The molecule has 2 fully saturated rings. The molecular weight excluding hydrogens is 511 g/mol. The predicted octanol–water partition coefficient (Wildman–Crippen LogP) is 2.51. The van der Waals surface area contributed by atoms with Gasteiger partial charge in [-0.1, -0.05) is 6.07 Å². The number of piperidine rings is 1. The second-order valence-electron chi connectivity index (χ2n) is 10.6. The number of carbonyl (C=O) groups is 2. The largest absolute Gasteiger partial charge is 0.488 e. The highest BCUT2D eigenvalue weighted by molar-refractivity contribution is 7.90. The minimum Gasteiger partial charge on any atom is -0.488 e. The third-order valence-corrected chi connectivity index (χ3v) is 7.48. The number of rotatable bonds is 7. The van der Waals surface area contributed by atoms with Gasteiger partial charge in [-0.05, 0) is 52.2 Å². The predicted molar refractivity (Wildman–Crippen MR) is 130 cm³/mol. The first-order valence-corrected chi connectivity index (χ1v) is 13.9. The van der Waals surface area contributed by atoms with E-state index in [1.54, 1.807) is 20.8 Å². The Bertz CT molecular complexity index is 1100. The summed E-state index contributed by atoms with van der Waals surface area (Å²) in [4.78, 5) is 26.5. The first kappa shape index (κ1) is 28.9. The summed E-state index contributed by atoms with van der Waals surface area (Å²) in [6.07, 6.45) is -0.603. The normalized spacial score (nSPS) is 20.5. The molecule has 2 saturated heterocycles. The van der Waals surface area contributed by atoms with E-state index in [0.717, 1.165) is 12.3 Å². The Kier molecular flexibility index (Phi) is 8.60. The molecule has 208 valence electrons. The molecule has 2 amide bonds. The zero-order valence-corrected chi connectivity index (χ0v) is 22.3. The first-order valence-electron chi connectivity index (χ1n) is 12.0. The van der Waals surface area contributed by atoms with Crippen LogP contribution in [0.4, 0.5) is 14.0 Å². The number of carboxylic acid groups (broad SMARTS) is 1. The molecule has 0 saturated carbocycles. The minimum absolute atomic E-state index is 0.185. The Labute approximate surface area is 216 Å². The molecule has 0 bridgehead atoms. The summed E-state index contributed by atoms with van der Waals surface area (Å²) in [5.41, 5.74) is -1.37. The summed E-state index contributed by atoms with van der Waals surface area (Å²) >= 11 is 0. The van der Waals surface area contributed by atoms with Crippen molar-refractivity contribution >= 4 is 22.0 Å². The number of benzene rings is 1. The van der Waals surface area contributed by atoms with Crippen LogP contribution >= 0.6 is 0 Å². The fraction of sp³-hybridized carbons (Fsp3) is 0.667. The Morgan fingerprint density at radius 2 is 1.95 bits per heavy atom. The van der Waals surface area contributed by atoms with E-state index in [0.29, 0.717) is 32.4 Å². The van der Waals surface area contributed by atoms with Gasteiger partial charge in [0.25, 0.3) is 0 Å². The van der Waals surface area contributed by atoms with Crippen LogP contribution in [0, 0.1) is 5.82 Å². The van der Waals surface area contributed by atoms with Gasteiger partial charge in [-0.25, -0.2) is 22.4 Å². The zero-order chi connectivity index (χ0) is 27.6. The van der Waals surface area contributed by atoms with E-state index >= 15 is 0 Å². The number of likely N-dealkylation sites (tertiary alicyclic amines) is 1. The van der Waals surface area contributed by atoms with Gasteiger partial charge in [0.15, 0.2) is 21.4 Å². The standard InChI is InChI=1S/C24H35FN2O9S/c1-23(2,3)36-22(31)27(16-12-24(35-14-16)8-10-26(11-9-24)21(29)30)13-17(28)15-34-18-6-5-7-19(20(18)25)37(4,32)33/h5-7,16-17,28H,8-15H2,1-4H3,(H,29,30)/t16?,17-/m0/s1. The van der Waals surface area contributed by atoms with Gasteiger partial charge in [0.1, 0.15) is 23.2 Å². The van der Waals surface area contributed by atoms with Crippen molar-refractivity contribution in [2.45, 2.75) is 68.3 Å². The van der Waals surface area contributed by atoms with E-state index in [1.807, 2.05) is 0 Å². The average molecular weight is 547 g/mol. The van der Waals surface area contributed by atoms with Crippen LogP contribution in [-0.2, 0) is 19.3 Å². The maximum atomic E-state index is 14.6. The molecule has 0 aromatic heterocycles. The van der Waals surface area contributed by atoms with Crippen LogP contribution in [0.15, 0.2) is 23.1 Å². The lowest BCUT2D eigenvalue weighted by molar-refractivity contribution is -0.0407. The fourth-order valence-corrected chi connectivity index (χ4v) is 5.27. The topological polar surface area (TPSA) is 143 Å². The van der Waals surface area contributed by atoms with E-state index < -0.39 is 62.7 Å². The van der Waals surface area contributed by atoms with Crippen LogP contribution in [0.3, 0.4) is 0 Å². The quantitative estimate of drug-likeness (QED) is 0.527. The number of amides is 2. The van der Waals surface area contributed by atoms with Crippen LogP contribution in [0.25, 0.3) is 0 Å². The number of nitrogens with zero attached hydrogens (tertiary/aromatic N) is 2. The van der Waals surface area contributed by atoms with Gasteiger partial charge in [-0.2, -0.15) is 0 Å². The Balaban J connectivity index is 1.69. The highest BCUT2D eigenvalue weighted by Crippen LogP contribution is 2.38. The molecule has 13 heteroatoms. The number of sulfone groups is 1. The van der Waals surface area contributed by atoms with Gasteiger partial charge in [0.2, 0.25) is 0 Å². The van der Waals surface area contributed by atoms with Gasteiger partial charge in [-0.15, -0.1) is 0 Å². The molecule has 37 heavy (non-hydrogen) atoms. The Hall–Kier alpha value is -2.64. The maximum absolute atomic E-state index is 14.6. The Morgan fingerprint density at radius 1 is 1.30 bits per heavy atom. The highest BCUT2D eigenvalue weighted by atomic mass is 32.2. The van der Waals surface area contributed by atoms with E-state index in [1.165, 1.54) is 21.9 Å². The van der Waals surface area contributed by atoms with E-state index in [4.69, 9.17) is 14.2 Å². The van der Waals surface area contributed by atoms with Crippen molar-refractivity contribution in [3.8, 4) is 5.75 Å². The first-order chi connectivity index (χ1) is 17.1. The van der Waals surface area contributed by atoms with E-state index in [-0.39, 0.29) is 18.9 Å². The highest BCUT2D eigenvalue weighted by Gasteiger charge is 2.47. The van der Waals surface area contributed by atoms with Gasteiger partial charge >= 0.3 is 12.2 Å². The summed E-state index contributed by atoms with van der Waals surface area (Å²) in [6, 6.07) is 3.26. The van der Waals surface area contributed by atoms with Crippen molar-refractivity contribution in [1.29, 1.82) is 0 Å². The fourth-order valence-electron chi connectivity index (χ4n) is 4.52. The van der Waals surface area contributed by atoms with Crippen molar-refractivity contribution in [2.75, 3.05) is 39.1 Å². The third kappa shape index (κ3) is 7.45. The number of hydrogen-bond acceptors (Lipinski definition) is 8. The van der Waals surface area contributed by atoms with Gasteiger partial charge < -0.3 is 34.2 Å². The smallest absolute Gasteiger partial charge is 0.410 e. The lowest BCUT2D eigenvalue weighted by atomic mass is 9.87. The molecule has 2 heterocycles. The molecule has 1 aromatic rings. The summed E-state index contributed by atoms with van der Waals surface area (Å²) in [5, 5.41) is 19.9. The number of hydrogen-bond donors (Lipinski definition) is 2. The molecule has 2 aliphatic heterocycles. The van der Waals surface area contributed by atoms with Crippen LogP contribution in [0.5, 0.6) is 5.75 Å². The molecule has 2 atom stereocenters. The Morgan fingerprint density at radius 3 is 2.51 bits per heavy atom. The monoisotopic (exact) mass is 546 g/mol. The molecular formula is C24H35FN2O9S. The summed E-state index contributed by atoms with van der Waals surface area (Å²) in [7, 11) is -3.81. The summed E-state index contributed by atoms with van der Waals surface area (Å²) < 4.78 is 55.1. The van der Waals surface area contributed by atoms with Gasteiger partial charge in [-0.3, -0.25) is 0 Å². The summed E-state index contributed by atoms with van der Waals surface area (Å²) in [5.74, 6) is -1.39. The molecule has 1 spiro atoms. The number of aliphatic hydroxyl groups excluding tert-OH is 1. The van der Waals surface area contributed by atoms with Crippen LogP contribution in [-0.4, -0.2) is 103 Å². The second-order valence-corrected chi connectivity index (χ2v) is 12.5. The lowest BCUT2D eigenvalue weighted by Gasteiger charge is -2.38. The van der Waals surface area contributed by atoms with Gasteiger partial charge in [0.05, 0.1) is 24.8 Å². The number of halogens is 1. The molecule has 1 aromatic carbocycles. The number of carbonyl (C=O) groups excluding carboxylic acids is 1. The molecule has 0 radical (unpaired) electrons. The van der Waals surface area contributed by atoms with Crippen LogP contribution in [0.2, 0.25) is 0 Å².